The minimum absolute atomic E-state index is 0.857. The number of aliphatic carboxylic acids is 1. The van der Waals surface area contributed by atoms with Crippen LogP contribution in [0.4, 0.5) is 0 Å². The highest BCUT2D eigenvalue weighted by atomic mass is 32.3. The molecule has 0 aromatic heterocycles. The number of carbonyl (C=O) groups is 2. The molecule has 30 atom stereocenters. The third-order valence-corrected chi connectivity index (χ3v) is 13.4. The molecule has 0 bridgehead atoms. The Labute approximate surface area is 417 Å². The minimum atomic E-state index is -5.59. The fourth-order valence-electron chi connectivity index (χ4n) is 9.05. The van der Waals surface area contributed by atoms with Crippen LogP contribution in [-0.4, -0.2) is 322 Å². The molecule has 0 spiro atoms. The van der Waals surface area contributed by atoms with Crippen LogP contribution in [0.3, 0.4) is 0 Å². The maximum Gasteiger partial charge on any atom is 0.397 e. The summed E-state index contributed by atoms with van der Waals surface area (Å²) in [6.45, 7) is -2.28. The van der Waals surface area contributed by atoms with Crippen LogP contribution < -0.4 is 5.32 Å². The van der Waals surface area contributed by atoms with Crippen LogP contribution >= 0.6 is 0 Å². The number of carboxylic acids is 1. The molecule has 74 heavy (non-hydrogen) atoms. The predicted octanol–water partition coefficient (Wildman–Crippen LogP) is -13.0. The average Bonchev–Trinajstić information content (AvgIpc) is 3.34. The summed E-state index contributed by atoms with van der Waals surface area (Å²) in [7, 11) is -5.59. The second kappa shape index (κ2) is 25.2. The van der Waals surface area contributed by atoms with Gasteiger partial charge in [0.25, 0.3) is 0 Å². The summed E-state index contributed by atoms with van der Waals surface area (Å²) in [6, 6.07) is -1.77. The highest BCUT2D eigenvalue weighted by Crippen LogP contribution is 2.39. The fourth-order valence-corrected chi connectivity index (χ4v) is 9.55. The first kappa shape index (κ1) is 61.0. The molecule has 6 aliphatic rings. The first-order valence-electron chi connectivity index (χ1n) is 22.6. The first-order chi connectivity index (χ1) is 34.7. The number of amides is 1. The van der Waals surface area contributed by atoms with Crippen LogP contribution in [0.5, 0.6) is 0 Å². The van der Waals surface area contributed by atoms with E-state index < -0.39 is 233 Å². The summed E-state index contributed by atoms with van der Waals surface area (Å²) in [4.78, 5) is 24.5. The normalized spacial score (nSPS) is 49.5. The SMILES string of the molecule is CC(=O)N[C@@H]1[C@@H](O[C@@H]2O[C@H](CO)[C@H](O[C@@H]3O[C@H](CO)[C@H](O)[C@H](O)[C@H]3O)[C@H](O[C@@H]3O[C@H](CO)[C@H](O)[C@H](O[C@@H]4O[C@H](C(=O)O)[C@@H](O)[C@H](OS(=O)(=O)O)[C@H]4O)[C@H]3O)[C@H]2O[C@@H]2O[C@@H](C)[C@@H](O)[C@@H](O)[C@@H]2O)[C@@H](O)[C@@H](CO)O[C@H]1O. The average molecular weight is 1110 g/mol. The summed E-state index contributed by atoms with van der Waals surface area (Å²) in [5.41, 5.74) is 0. The van der Waals surface area contributed by atoms with Crippen molar-refractivity contribution in [3.05, 3.63) is 0 Å². The van der Waals surface area contributed by atoms with E-state index in [-0.39, 0.29) is 0 Å². The van der Waals surface area contributed by atoms with Crippen molar-refractivity contribution in [3.8, 4) is 0 Å². The third-order valence-electron chi connectivity index (χ3n) is 13.0. The van der Waals surface area contributed by atoms with Gasteiger partial charge in [-0.05, 0) is 6.92 Å². The van der Waals surface area contributed by atoms with E-state index in [4.69, 9.17) is 52.1 Å². The Morgan fingerprint density at radius 2 is 0.892 bits per heavy atom. The van der Waals surface area contributed by atoms with E-state index >= 15 is 0 Å². The van der Waals surface area contributed by atoms with Crippen LogP contribution in [0.2, 0.25) is 0 Å². The maximum atomic E-state index is 12.4. The smallest absolute Gasteiger partial charge is 0.397 e. The number of hydrogen-bond donors (Lipinski definition) is 19. The molecule has 0 unspecified atom stereocenters. The standard InChI is InChI=1S/C38H63NO34S/c1-7-14(45)18(49)20(51)34(62-7)72-31-30(71-36-23(54)27(17(48)11(5-42)65-36)69-37-24(55)28(73-74(59,60)61)22(53)29(70-37)32(56)57)25(67-35-21(52)19(50)15(46)9(3-40)64-35)12(6-43)66-38(31)68-26-13(39-8(2)44)33(58)63-10(4-41)16(26)47/h7,9-31,33-38,40-43,45-55,58H,3-6H2,1-2H3,(H,39,44)(H,56,57)(H,59,60,61)/t7-,9+,10+,11+,12+,13+,14+,15-,16-,17-,18+,19-,20-,21+,22-,23+,24+,25-,26+,27-,28-,29-,30-,31+,33+,34-,35-,36-,37+,38-/m0/s1. The molecule has 0 saturated carbocycles. The van der Waals surface area contributed by atoms with Crippen molar-refractivity contribution in [2.24, 2.45) is 0 Å². The lowest BCUT2D eigenvalue weighted by Crippen LogP contribution is -2.71. The first-order valence-corrected chi connectivity index (χ1v) is 24.0. The minimum Gasteiger partial charge on any atom is -0.479 e. The lowest BCUT2D eigenvalue weighted by molar-refractivity contribution is -0.418. The van der Waals surface area contributed by atoms with E-state index in [2.05, 4.69) is 9.50 Å². The molecule has 6 aliphatic heterocycles. The zero-order chi connectivity index (χ0) is 55.0. The molecule has 35 nitrogen and oxygen atoms in total. The molecule has 0 aromatic carbocycles. The van der Waals surface area contributed by atoms with E-state index in [0.717, 1.165) is 6.92 Å². The number of carboxylic acid groups (broad SMARTS) is 1. The van der Waals surface area contributed by atoms with Gasteiger partial charge in [-0.15, -0.1) is 0 Å². The quantitative estimate of drug-likeness (QED) is 0.0567. The van der Waals surface area contributed by atoms with E-state index in [0.29, 0.717) is 0 Å². The molecule has 19 N–H and O–H groups in total. The van der Waals surface area contributed by atoms with Gasteiger partial charge in [0.15, 0.2) is 43.8 Å². The summed E-state index contributed by atoms with van der Waals surface area (Å²) in [5.74, 6) is -2.89. The van der Waals surface area contributed by atoms with Gasteiger partial charge in [0.2, 0.25) is 5.91 Å². The number of aliphatic hydroxyl groups excluding tert-OH is 16. The third kappa shape index (κ3) is 13.1. The van der Waals surface area contributed by atoms with Crippen LogP contribution in [0.25, 0.3) is 0 Å². The molecular formula is C38H63NO34S. The second-order valence-corrected chi connectivity index (χ2v) is 19.1. The van der Waals surface area contributed by atoms with Crippen molar-refractivity contribution in [3.63, 3.8) is 0 Å². The van der Waals surface area contributed by atoms with Crippen LogP contribution in [-0.2, 0) is 76.3 Å². The fraction of sp³-hybridized carbons (Fsp3) is 0.947. The summed E-state index contributed by atoms with van der Waals surface area (Å²) < 4.78 is 100. The Balaban J connectivity index is 1.47. The number of ether oxygens (including phenoxy) is 11. The molecular weight excluding hydrogens is 1050 g/mol. The van der Waals surface area contributed by atoms with Gasteiger partial charge in [-0.3, -0.25) is 9.35 Å². The molecule has 6 heterocycles. The molecule has 6 saturated heterocycles. The Kier molecular flexibility index (Phi) is 20.8. The molecule has 6 fully saturated rings. The number of nitrogens with one attached hydrogen (secondary N) is 1. The van der Waals surface area contributed by atoms with Crippen molar-refractivity contribution >= 4 is 22.3 Å². The van der Waals surface area contributed by atoms with Gasteiger partial charge >= 0.3 is 16.4 Å². The van der Waals surface area contributed by atoms with Gasteiger partial charge in [0, 0.05) is 6.92 Å². The summed E-state index contributed by atoms with van der Waals surface area (Å²) in [5, 5.41) is 185. The monoisotopic (exact) mass is 1110 g/mol. The van der Waals surface area contributed by atoms with Gasteiger partial charge in [-0.2, -0.15) is 8.42 Å². The number of rotatable bonds is 18. The summed E-state index contributed by atoms with van der Waals surface area (Å²) >= 11 is 0. The topological polar surface area (TPSA) is 555 Å². The zero-order valence-electron chi connectivity index (χ0n) is 38.6. The predicted molar refractivity (Wildman–Crippen MR) is 220 cm³/mol. The van der Waals surface area contributed by atoms with Crippen molar-refractivity contribution in [2.45, 2.75) is 198 Å². The van der Waals surface area contributed by atoms with Crippen molar-refractivity contribution in [2.75, 3.05) is 26.4 Å². The number of hydrogen-bond acceptors (Lipinski definition) is 32. The summed E-state index contributed by atoms with van der Waals surface area (Å²) in [6.07, 6.45) is -63.0. The lowest BCUT2D eigenvalue weighted by atomic mass is 9.94. The van der Waals surface area contributed by atoms with E-state index in [1.54, 1.807) is 0 Å². The highest BCUT2D eigenvalue weighted by Gasteiger charge is 2.60. The maximum absolute atomic E-state index is 12.4. The number of aliphatic hydroxyl groups is 16. The molecule has 0 radical (unpaired) electrons. The van der Waals surface area contributed by atoms with Crippen LogP contribution in [0.15, 0.2) is 0 Å². The molecule has 36 heteroatoms. The van der Waals surface area contributed by atoms with Gasteiger partial charge < -0.3 is 144 Å². The Morgan fingerprint density at radius 1 is 0.459 bits per heavy atom. The molecule has 0 aliphatic carbocycles. The van der Waals surface area contributed by atoms with Crippen molar-refractivity contribution < 1.29 is 166 Å². The molecule has 0 aromatic rings. The van der Waals surface area contributed by atoms with E-state index in [1.807, 2.05) is 0 Å². The van der Waals surface area contributed by atoms with E-state index in [9.17, 15) is 109 Å². The number of carbonyl (C=O) groups excluding carboxylic acids is 1. The van der Waals surface area contributed by atoms with E-state index in [1.165, 1.54) is 6.92 Å². The van der Waals surface area contributed by atoms with Gasteiger partial charge in [0.05, 0.1) is 32.5 Å². The van der Waals surface area contributed by atoms with Crippen molar-refractivity contribution in [1.82, 2.24) is 5.32 Å². The molecule has 6 rings (SSSR count). The van der Waals surface area contributed by atoms with Gasteiger partial charge in [0.1, 0.15) is 134 Å². The largest absolute Gasteiger partial charge is 0.479 e. The zero-order valence-corrected chi connectivity index (χ0v) is 39.5. The second-order valence-electron chi connectivity index (χ2n) is 18.0. The van der Waals surface area contributed by atoms with Crippen LogP contribution in [0, 0.1) is 0 Å². The van der Waals surface area contributed by atoms with Crippen LogP contribution in [0.1, 0.15) is 13.8 Å². The Morgan fingerprint density at radius 3 is 1.45 bits per heavy atom. The van der Waals surface area contributed by atoms with Gasteiger partial charge in [-0.25, -0.2) is 8.98 Å². The van der Waals surface area contributed by atoms with Crippen molar-refractivity contribution in [1.29, 1.82) is 0 Å². The van der Waals surface area contributed by atoms with Gasteiger partial charge in [-0.1, -0.05) is 0 Å². The molecule has 1 amide bonds. The Hall–Kier alpha value is -2.27. The molecule has 430 valence electrons. The lowest BCUT2D eigenvalue weighted by Gasteiger charge is -2.52. The Bertz CT molecular complexity index is 1940. The highest BCUT2D eigenvalue weighted by molar-refractivity contribution is 7.80.